The molecule has 0 saturated heterocycles. The Balaban J connectivity index is 1.80. The lowest BCUT2D eigenvalue weighted by molar-refractivity contribution is -0.111. The second kappa shape index (κ2) is 9.76. The molecule has 0 atom stereocenters. The van der Waals surface area contributed by atoms with Crippen molar-refractivity contribution in [1.29, 1.82) is 0 Å². The predicted molar refractivity (Wildman–Crippen MR) is 119 cm³/mol. The van der Waals surface area contributed by atoms with Crippen LogP contribution in [-0.4, -0.2) is 25.9 Å². The Labute approximate surface area is 179 Å². The molecular formula is C24H20ClNO4. The summed E-state index contributed by atoms with van der Waals surface area (Å²) in [5.74, 6) is 0.560. The quantitative estimate of drug-likeness (QED) is 0.418. The number of hydrogen-bond acceptors (Lipinski definition) is 4. The fourth-order valence-corrected chi connectivity index (χ4v) is 3.03. The number of methoxy groups -OCH3 is 2. The smallest absolute Gasteiger partial charge is 0.248 e. The third kappa shape index (κ3) is 5.07. The monoisotopic (exact) mass is 421 g/mol. The Hall–Kier alpha value is -3.57. The normalized spacial score (nSPS) is 10.6. The summed E-state index contributed by atoms with van der Waals surface area (Å²) in [6, 6.07) is 18.9. The van der Waals surface area contributed by atoms with E-state index in [4.69, 9.17) is 21.1 Å². The lowest BCUT2D eigenvalue weighted by atomic mass is 10.0. The molecule has 0 spiro atoms. The Morgan fingerprint density at radius 3 is 2.33 bits per heavy atom. The van der Waals surface area contributed by atoms with E-state index in [9.17, 15) is 9.59 Å². The van der Waals surface area contributed by atoms with Gasteiger partial charge in [0.15, 0.2) is 17.3 Å². The van der Waals surface area contributed by atoms with Crippen LogP contribution in [0.15, 0.2) is 72.8 Å². The molecule has 0 saturated carbocycles. The van der Waals surface area contributed by atoms with Crippen molar-refractivity contribution in [1.82, 2.24) is 0 Å². The molecule has 1 N–H and O–H groups in total. The summed E-state index contributed by atoms with van der Waals surface area (Å²) in [5, 5.41) is 3.16. The van der Waals surface area contributed by atoms with E-state index in [2.05, 4.69) is 5.32 Å². The first-order valence-electron chi connectivity index (χ1n) is 9.12. The van der Waals surface area contributed by atoms with Crippen LogP contribution in [-0.2, 0) is 4.79 Å². The van der Waals surface area contributed by atoms with Crippen LogP contribution in [0.3, 0.4) is 0 Å². The lowest BCUT2D eigenvalue weighted by Gasteiger charge is -2.10. The molecule has 0 aliphatic heterocycles. The number of carbonyl (C=O) groups is 2. The van der Waals surface area contributed by atoms with Gasteiger partial charge in [0.05, 0.1) is 19.9 Å². The van der Waals surface area contributed by atoms with E-state index in [1.807, 2.05) is 6.07 Å². The molecule has 3 rings (SSSR count). The molecule has 0 unspecified atom stereocenters. The molecule has 0 aliphatic carbocycles. The fourth-order valence-electron chi connectivity index (χ4n) is 2.86. The number of benzene rings is 3. The predicted octanol–water partition coefficient (Wildman–Crippen LogP) is 5.24. The van der Waals surface area contributed by atoms with Crippen molar-refractivity contribution >= 4 is 35.1 Å². The summed E-state index contributed by atoms with van der Waals surface area (Å²) < 4.78 is 10.5. The van der Waals surface area contributed by atoms with Gasteiger partial charge in [0.1, 0.15) is 0 Å². The van der Waals surface area contributed by atoms with Crippen LogP contribution >= 0.6 is 11.6 Å². The number of ketones is 1. The van der Waals surface area contributed by atoms with Crippen molar-refractivity contribution in [2.24, 2.45) is 0 Å². The summed E-state index contributed by atoms with van der Waals surface area (Å²) in [5.41, 5.74) is 1.98. The van der Waals surface area contributed by atoms with E-state index in [0.29, 0.717) is 33.3 Å². The molecule has 0 fully saturated rings. The van der Waals surface area contributed by atoms with E-state index in [1.54, 1.807) is 81.0 Å². The lowest BCUT2D eigenvalue weighted by Crippen LogP contribution is -2.12. The number of anilines is 1. The number of amides is 1. The van der Waals surface area contributed by atoms with Gasteiger partial charge in [-0.25, -0.2) is 0 Å². The largest absolute Gasteiger partial charge is 0.493 e. The highest BCUT2D eigenvalue weighted by molar-refractivity contribution is 6.31. The second-order valence-electron chi connectivity index (χ2n) is 6.32. The van der Waals surface area contributed by atoms with Gasteiger partial charge in [0.25, 0.3) is 0 Å². The van der Waals surface area contributed by atoms with Crippen molar-refractivity contribution in [3.8, 4) is 11.5 Å². The van der Waals surface area contributed by atoms with Gasteiger partial charge in [-0.1, -0.05) is 48.0 Å². The molecule has 3 aromatic rings. The van der Waals surface area contributed by atoms with Crippen molar-refractivity contribution in [2.75, 3.05) is 19.5 Å². The van der Waals surface area contributed by atoms with E-state index >= 15 is 0 Å². The van der Waals surface area contributed by atoms with Crippen LogP contribution in [0.2, 0.25) is 5.02 Å². The Bertz CT molecular complexity index is 1090. The minimum Gasteiger partial charge on any atom is -0.493 e. The van der Waals surface area contributed by atoms with E-state index in [-0.39, 0.29) is 11.7 Å². The minimum atomic E-state index is -0.380. The molecule has 3 aromatic carbocycles. The Morgan fingerprint density at radius 2 is 1.63 bits per heavy atom. The van der Waals surface area contributed by atoms with Crippen molar-refractivity contribution in [3.63, 3.8) is 0 Å². The molecule has 0 aliphatic rings. The minimum absolute atomic E-state index is 0.225. The molecule has 0 heterocycles. The van der Waals surface area contributed by atoms with Gasteiger partial charge in [-0.3, -0.25) is 9.59 Å². The first-order valence-corrected chi connectivity index (χ1v) is 9.50. The van der Waals surface area contributed by atoms with Crippen molar-refractivity contribution in [3.05, 3.63) is 94.5 Å². The summed E-state index contributed by atoms with van der Waals surface area (Å²) in [7, 11) is 3.10. The molecule has 6 heteroatoms. The molecule has 0 bridgehead atoms. The zero-order valence-corrected chi connectivity index (χ0v) is 17.3. The van der Waals surface area contributed by atoms with Gasteiger partial charge >= 0.3 is 0 Å². The summed E-state index contributed by atoms with van der Waals surface area (Å²) in [6.07, 6.45) is 3.03. The van der Waals surface area contributed by atoms with Gasteiger partial charge < -0.3 is 14.8 Å². The first-order chi connectivity index (χ1) is 14.5. The SMILES string of the molecule is COc1ccc(C=CC(=O)Nc2ccc(Cl)cc2C(=O)c2ccccc2)cc1OC. The van der Waals surface area contributed by atoms with Gasteiger partial charge in [0.2, 0.25) is 5.91 Å². The Morgan fingerprint density at radius 1 is 0.900 bits per heavy atom. The zero-order chi connectivity index (χ0) is 21.5. The third-order valence-electron chi connectivity index (χ3n) is 4.35. The van der Waals surface area contributed by atoms with Gasteiger partial charge in [0, 0.05) is 22.2 Å². The number of halogens is 1. The summed E-state index contributed by atoms with van der Waals surface area (Å²) in [4.78, 5) is 25.3. The van der Waals surface area contributed by atoms with Crippen LogP contribution in [0.1, 0.15) is 21.5 Å². The molecule has 0 aromatic heterocycles. The van der Waals surface area contributed by atoms with Gasteiger partial charge in [-0.2, -0.15) is 0 Å². The van der Waals surface area contributed by atoms with Gasteiger partial charge in [-0.05, 0) is 42.0 Å². The maximum Gasteiger partial charge on any atom is 0.248 e. The summed E-state index contributed by atoms with van der Waals surface area (Å²) >= 11 is 6.08. The molecule has 0 radical (unpaired) electrons. The zero-order valence-electron chi connectivity index (χ0n) is 16.5. The number of hydrogen-bond donors (Lipinski definition) is 1. The summed E-state index contributed by atoms with van der Waals surface area (Å²) in [6.45, 7) is 0. The van der Waals surface area contributed by atoms with Crippen molar-refractivity contribution < 1.29 is 19.1 Å². The molecular weight excluding hydrogens is 402 g/mol. The van der Waals surface area contributed by atoms with E-state index in [1.165, 1.54) is 6.08 Å². The number of nitrogens with one attached hydrogen (secondary N) is 1. The average molecular weight is 422 g/mol. The van der Waals surface area contributed by atoms with Crippen LogP contribution in [0.25, 0.3) is 6.08 Å². The maximum absolute atomic E-state index is 12.9. The van der Waals surface area contributed by atoms with Crippen LogP contribution < -0.4 is 14.8 Å². The highest BCUT2D eigenvalue weighted by atomic mass is 35.5. The van der Waals surface area contributed by atoms with E-state index in [0.717, 1.165) is 5.56 Å². The molecule has 5 nitrogen and oxygen atoms in total. The highest BCUT2D eigenvalue weighted by Gasteiger charge is 2.15. The highest BCUT2D eigenvalue weighted by Crippen LogP contribution is 2.28. The fraction of sp³-hybridized carbons (Fsp3) is 0.0833. The molecule has 30 heavy (non-hydrogen) atoms. The standard InChI is InChI=1S/C24H20ClNO4/c1-29-21-12-8-16(14-22(21)30-2)9-13-23(27)26-20-11-10-18(25)15-19(20)24(28)17-6-4-3-5-7-17/h3-15H,1-2H3,(H,26,27). The second-order valence-corrected chi connectivity index (χ2v) is 6.76. The van der Waals surface area contributed by atoms with Crippen LogP contribution in [0.4, 0.5) is 5.69 Å². The average Bonchev–Trinajstić information content (AvgIpc) is 2.78. The third-order valence-corrected chi connectivity index (χ3v) is 4.59. The Kier molecular flexibility index (Phi) is 6.88. The molecule has 1 amide bonds. The van der Waals surface area contributed by atoms with Crippen LogP contribution in [0.5, 0.6) is 11.5 Å². The van der Waals surface area contributed by atoms with Crippen LogP contribution in [0, 0.1) is 0 Å². The first kappa shape index (κ1) is 21.1. The maximum atomic E-state index is 12.9. The number of ether oxygens (including phenoxy) is 2. The number of rotatable bonds is 7. The molecule has 152 valence electrons. The van der Waals surface area contributed by atoms with Crippen molar-refractivity contribution in [2.45, 2.75) is 0 Å². The topological polar surface area (TPSA) is 64.6 Å². The number of carbonyl (C=O) groups excluding carboxylic acids is 2. The van der Waals surface area contributed by atoms with Gasteiger partial charge in [-0.15, -0.1) is 0 Å². The van der Waals surface area contributed by atoms with E-state index < -0.39 is 0 Å².